The van der Waals surface area contributed by atoms with E-state index in [1.165, 1.54) is 0 Å². The van der Waals surface area contributed by atoms with Crippen LogP contribution in [0.2, 0.25) is 0 Å². The zero-order valence-corrected chi connectivity index (χ0v) is 13.1. The third-order valence-electron chi connectivity index (χ3n) is 4.43. The molecule has 1 aliphatic heterocycles. The number of hydrogen-bond donors (Lipinski definition) is 2. The highest BCUT2D eigenvalue weighted by molar-refractivity contribution is 5.93. The van der Waals surface area contributed by atoms with Crippen LogP contribution in [0.3, 0.4) is 0 Å². The summed E-state index contributed by atoms with van der Waals surface area (Å²) >= 11 is 0. The van der Waals surface area contributed by atoms with Gasteiger partial charge in [-0.1, -0.05) is 0 Å². The van der Waals surface area contributed by atoms with Gasteiger partial charge in [0, 0.05) is 43.0 Å². The van der Waals surface area contributed by atoms with Crippen molar-refractivity contribution in [2.45, 2.75) is 12.8 Å². The van der Waals surface area contributed by atoms with Crippen LogP contribution in [0, 0.1) is 5.92 Å². The van der Waals surface area contributed by atoms with Crippen molar-refractivity contribution in [1.82, 2.24) is 19.9 Å². The molecule has 4 rings (SSSR count). The topological polar surface area (TPSA) is 86.8 Å². The summed E-state index contributed by atoms with van der Waals surface area (Å²) < 4.78 is 0. The van der Waals surface area contributed by atoms with Crippen LogP contribution < -0.4 is 10.2 Å². The van der Waals surface area contributed by atoms with Crippen LogP contribution in [0.4, 0.5) is 11.6 Å². The van der Waals surface area contributed by atoms with Crippen molar-refractivity contribution >= 4 is 28.4 Å². The van der Waals surface area contributed by atoms with Gasteiger partial charge in [-0.3, -0.25) is 9.78 Å². The van der Waals surface area contributed by atoms with E-state index in [4.69, 9.17) is 0 Å². The van der Waals surface area contributed by atoms with Crippen LogP contribution >= 0.6 is 0 Å². The van der Waals surface area contributed by atoms with Gasteiger partial charge in [0.1, 0.15) is 11.6 Å². The molecule has 0 spiro atoms. The van der Waals surface area contributed by atoms with Crippen LogP contribution in [-0.4, -0.2) is 38.9 Å². The number of H-pyrrole nitrogens is 1. The minimum atomic E-state index is 0.00152. The van der Waals surface area contributed by atoms with Gasteiger partial charge in [-0.05, 0) is 25.0 Å². The summed E-state index contributed by atoms with van der Waals surface area (Å²) in [5, 5.41) is 3.98. The fourth-order valence-electron chi connectivity index (χ4n) is 3.07. The maximum absolute atomic E-state index is 12.5. The summed E-state index contributed by atoms with van der Waals surface area (Å²) in [5.41, 5.74) is 0.963. The second kappa shape index (κ2) is 6.27. The van der Waals surface area contributed by atoms with Gasteiger partial charge in [-0.25, -0.2) is 9.97 Å². The molecule has 1 saturated heterocycles. The van der Waals surface area contributed by atoms with Gasteiger partial charge in [-0.15, -0.1) is 0 Å². The Morgan fingerprint density at radius 3 is 2.88 bits per heavy atom. The monoisotopic (exact) mass is 322 g/mol. The number of aromatic amines is 1. The SMILES string of the molecule is O=C(Nc1cc2cc[nH]c2cn1)C1CCN(c2cnccn2)CC1. The normalized spacial score (nSPS) is 15.6. The summed E-state index contributed by atoms with van der Waals surface area (Å²) in [5.74, 6) is 1.51. The number of hydrogen-bond acceptors (Lipinski definition) is 5. The van der Waals surface area contributed by atoms with E-state index in [0.29, 0.717) is 5.82 Å². The summed E-state index contributed by atoms with van der Waals surface area (Å²) in [6.45, 7) is 1.61. The lowest BCUT2D eigenvalue weighted by atomic mass is 9.96. The average molecular weight is 322 g/mol. The molecule has 3 aromatic rings. The predicted octanol–water partition coefficient (Wildman–Crippen LogP) is 2.21. The zero-order valence-electron chi connectivity index (χ0n) is 13.1. The fourth-order valence-corrected chi connectivity index (χ4v) is 3.07. The standard InChI is InChI=1S/C17H18N6O/c24-17(22-15-9-13-1-4-19-14(13)10-21-15)12-2-7-23(8-3-12)16-11-18-5-6-20-16/h1,4-6,9-12,19H,2-3,7-8H2,(H,21,22,24). The number of nitrogens with zero attached hydrogens (tertiary/aromatic N) is 4. The predicted molar refractivity (Wildman–Crippen MR) is 91.7 cm³/mol. The van der Waals surface area contributed by atoms with E-state index in [0.717, 1.165) is 42.7 Å². The Bertz CT molecular complexity index is 838. The number of carbonyl (C=O) groups is 1. The van der Waals surface area contributed by atoms with Crippen molar-refractivity contribution < 1.29 is 4.79 Å². The molecule has 24 heavy (non-hydrogen) atoms. The van der Waals surface area contributed by atoms with Crippen LogP contribution in [0.15, 0.2) is 43.1 Å². The van der Waals surface area contributed by atoms with Gasteiger partial charge in [0.05, 0.1) is 17.9 Å². The number of nitrogens with one attached hydrogen (secondary N) is 2. The van der Waals surface area contributed by atoms with Crippen molar-refractivity contribution in [3.05, 3.63) is 43.1 Å². The number of fused-ring (bicyclic) bond motifs is 1. The van der Waals surface area contributed by atoms with Crippen molar-refractivity contribution in [3.8, 4) is 0 Å². The molecule has 2 N–H and O–H groups in total. The smallest absolute Gasteiger partial charge is 0.228 e. The highest BCUT2D eigenvalue weighted by Crippen LogP contribution is 2.23. The fraction of sp³-hybridized carbons (Fsp3) is 0.294. The quantitative estimate of drug-likeness (QED) is 0.772. The van der Waals surface area contributed by atoms with Gasteiger partial charge in [0.25, 0.3) is 0 Å². The third kappa shape index (κ3) is 2.92. The van der Waals surface area contributed by atoms with E-state index in [-0.39, 0.29) is 11.8 Å². The molecule has 3 aromatic heterocycles. The van der Waals surface area contributed by atoms with Gasteiger partial charge in [0.2, 0.25) is 5.91 Å². The first-order valence-electron chi connectivity index (χ1n) is 8.04. The molecule has 0 unspecified atom stereocenters. The summed E-state index contributed by atoms with van der Waals surface area (Å²) in [6.07, 6.45) is 10.3. The van der Waals surface area contributed by atoms with E-state index in [2.05, 4.69) is 30.2 Å². The van der Waals surface area contributed by atoms with E-state index in [1.807, 2.05) is 18.3 Å². The number of pyridine rings is 1. The highest BCUT2D eigenvalue weighted by atomic mass is 16.1. The van der Waals surface area contributed by atoms with E-state index in [9.17, 15) is 4.79 Å². The first-order valence-corrected chi connectivity index (χ1v) is 8.04. The Balaban J connectivity index is 1.37. The molecule has 0 atom stereocenters. The maximum Gasteiger partial charge on any atom is 0.228 e. The average Bonchev–Trinajstić information content (AvgIpc) is 3.10. The lowest BCUT2D eigenvalue weighted by Gasteiger charge is -2.31. The van der Waals surface area contributed by atoms with Gasteiger partial charge in [0.15, 0.2) is 0 Å². The molecule has 122 valence electrons. The van der Waals surface area contributed by atoms with Crippen LogP contribution in [-0.2, 0) is 4.79 Å². The minimum Gasteiger partial charge on any atom is -0.360 e. The number of aromatic nitrogens is 4. The first-order chi connectivity index (χ1) is 11.8. The Morgan fingerprint density at radius 2 is 2.08 bits per heavy atom. The molecule has 0 aromatic carbocycles. The van der Waals surface area contributed by atoms with Crippen molar-refractivity contribution in [3.63, 3.8) is 0 Å². The van der Waals surface area contributed by atoms with Crippen LogP contribution in [0.25, 0.3) is 10.9 Å². The van der Waals surface area contributed by atoms with Gasteiger partial charge >= 0.3 is 0 Å². The Morgan fingerprint density at radius 1 is 1.21 bits per heavy atom. The van der Waals surface area contributed by atoms with Crippen LogP contribution in [0.1, 0.15) is 12.8 Å². The molecule has 1 fully saturated rings. The highest BCUT2D eigenvalue weighted by Gasteiger charge is 2.26. The zero-order chi connectivity index (χ0) is 16.4. The first kappa shape index (κ1) is 14.6. The third-order valence-corrected chi connectivity index (χ3v) is 4.43. The largest absolute Gasteiger partial charge is 0.360 e. The summed E-state index contributed by atoms with van der Waals surface area (Å²) in [4.78, 5) is 30.4. The number of piperidine rings is 1. The van der Waals surface area contributed by atoms with Crippen molar-refractivity contribution in [1.29, 1.82) is 0 Å². The number of rotatable bonds is 3. The molecule has 7 nitrogen and oxygen atoms in total. The molecule has 4 heterocycles. The summed E-state index contributed by atoms with van der Waals surface area (Å²) in [6, 6.07) is 3.85. The second-order valence-corrected chi connectivity index (χ2v) is 5.95. The van der Waals surface area contributed by atoms with Crippen LogP contribution in [0.5, 0.6) is 0 Å². The van der Waals surface area contributed by atoms with Gasteiger partial charge in [-0.2, -0.15) is 0 Å². The molecule has 0 bridgehead atoms. The molecule has 1 amide bonds. The molecule has 1 aliphatic rings. The molecule has 7 heteroatoms. The molecule has 0 aliphatic carbocycles. The van der Waals surface area contributed by atoms with E-state index >= 15 is 0 Å². The van der Waals surface area contributed by atoms with Crippen molar-refractivity contribution in [2.24, 2.45) is 5.92 Å². The number of amides is 1. The van der Waals surface area contributed by atoms with Gasteiger partial charge < -0.3 is 15.2 Å². The van der Waals surface area contributed by atoms with E-state index < -0.39 is 0 Å². The number of carbonyl (C=O) groups excluding carboxylic acids is 1. The molecular weight excluding hydrogens is 304 g/mol. The Hall–Kier alpha value is -2.96. The Kier molecular flexibility index (Phi) is 3.82. The lowest BCUT2D eigenvalue weighted by Crippen LogP contribution is -2.38. The maximum atomic E-state index is 12.5. The lowest BCUT2D eigenvalue weighted by molar-refractivity contribution is -0.120. The second-order valence-electron chi connectivity index (χ2n) is 5.95. The molecular formula is C17H18N6O. The van der Waals surface area contributed by atoms with Crippen molar-refractivity contribution in [2.75, 3.05) is 23.3 Å². The molecule has 0 radical (unpaired) electrons. The Labute approximate surface area is 139 Å². The number of anilines is 2. The minimum absolute atomic E-state index is 0.00152. The molecule has 0 saturated carbocycles. The van der Waals surface area contributed by atoms with E-state index in [1.54, 1.807) is 24.8 Å². The summed E-state index contributed by atoms with van der Waals surface area (Å²) in [7, 11) is 0.